The van der Waals surface area contributed by atoms with Gasteiger partial charge in [0.2, 0.25) is 0 Å². The Bertz CT molecular complexity index is 182. The summed E-state index contributed by atoms with van der Waals surface area (Å²) < 4.78 is 9.43. The van der Waals surface area contributed by atoms with E-state index >= 15 is 0 Å². The maximum absolute atomic E-state index is 10.5. The highest BCUT2D eigenvalue weighted by molar-refractivity contribution is 5.81. The van der Waals surface area contributed by atoms with Crippen molar-refractivity contribution in [2.75, 3.05) is 13.2 Å². The molecule has 0 fully saturated rings. The van der Waals surface area contributed by atoms with E-state index in [1.165, 1.54) is 6.26 Å². The minimum absolute atomic E-state index is 0.241. The summed E-state index contributed by atoms with van der Waals surface area (Å²) in [5.74, 6) is -0.427. The van der Waals surface area contributed by atoms with Crippen LogP contribution in [0.1, 0.15) is 0 Å². The first-order valence-electron chi connectivity index (χ1n) is 3.48. The molecular weight excluding hydrogens is 156 g/mol. The van der Waals surface area contributed by atoms with Gasteiger partial charge in [-0.15, -0.1) is 0 Å². The first kappa shape index (κ1) is 10.5. The number of esters is 1. The molecule has 3 nitrogen and oxygen atoms in total. The van der Waals surface area contributed by atoms with Crippen molar-refractivity contribution in [2.45, 2.75) is 0 Å². The Kier molecular flexibility index (Phi) is 6.64. The lowest BCUT2D eigenvalue weighted by atomic mass is 10.5. The zero-order valence-electron chi connectivity index (χ0n) is 6.86. The van der Waals surface area contributed by atoms with Gasteiger partial charge >= 0.3 is 5.97 Å². The molecule has 0 N–H and O–H groups in total. The topological polar surface area (TPSA) is 35.5 Å². The lowest BCUT2D eigenvalue weighted by Crippen LogP contribution is -1.99. The summed E-state index contributed by atoms with van der Waals surface area (Å²) in [6, 6.07) is 0. The summed E-state index contributed by atoms with van der Waals surface area (Å²) >= 11 is 0. The third kappa shape index (κ3) is 6.61. The van der Waals surface area contributed by atoms with E-state index in [1.807, 2.05) is 0 Å². The normalized spacial score (nSPS) is 9.33. The minimum atomic E-state index is -0.427. The molecule has 0 saturated heterocycles. The molecule has 0 rings (SSSR count). The lowest BCUT2D eigenvalue weighted by molar-refractivity contribution is -0.136. The van der Waals surface area contributed by atoms with Crippen LogP contribution in [0.25, 0.3) is 0 Å². The highest BCUT2D eigenvalue weighted by atomic mass is 16.5. The number of hydrogen-bond donors (Lipinski definition) is 0. The first-order chi connectivity index (χ1) is 5.81. The average Bonchev–Trinajstić information content (AvgIpc) is 2.10. The molecule has 0 aliphatic rings. The van der Waals surface area contributed by atoms with Crippen LogP contribution in [0.4, 0.5) is 0 Å². The molecule has 0 aromatic heterocycles. The zero-order valence-corrected chi connectivity index (χ0v) is 6.86. The van der Waals surface area contributed by atoms with Gasteiger partial charge in [-0.2, -0.15) is 0 Å². The second-order valence-corrected chi connectivity index (χ2v) is 1.81. The molecule has 0 saturated carbocycles. The van der Waals surface area contributed by atoms with E-state index in [0.717, 1.165) is 6.08 Å². The average molecular weight is 168 g/mol. The summed E-state index contributed by atoms with van der Waals surface area (Å²) in [4.78, 5) is 10.5. The highest BCUT2D eigenvalue weighted by Crippen LogP contribution is 1.82. The molecule has 0 aromatic carbocycles. The SMILES string of the molecule is C=COCC=CCOC(=O)C=C. The van der Waals surface area contributed by atoms with Gasteiger partial charge in [0.05, 0.1) is 6.26 Å². The molecule has 0 amide bonds. The van der Waals surface area contributed by atoms with Crippen LogP contribution in [-0.2, 0) is 14.3 Å². The number of carbonyl (C=O) groups excluding carboxylic acids is 1. The van der Waals surface area contributed by atoms with Crippen LogP contribution in [0.5, 0.6) is 0 Å². The Balaban J connectivity index is 3.29. The van der Waals surface area contributed by atoms with E-state index in [-0.39, 0.29) is 6.61 Å². The van der Waals surface area contributed by atoms with Gasteiger partial charge in [-0.1, -0.05) is 13.2 Å². The molecular formula is C9H12O3. The molecule has 0 aliphatic carbocycles. The third-order valence-electron chi connectivity index (χ3n) is 0.965. The molecule has 0 radical (unpaired) electrons. The summed E-state index contributed by atoms with van der Waals surface area (Å²) in [6.45, 7) is 7.30. The Hall–Kier alpha value is -1.51. The van der Waals surface area contributed by atoms with Gasteiger partial charge in [-0.25, -0.2) is 4.79 Å². The van der Waals surface area contributed by atoms with Gasteiger partial charge in [0, 0.05) is 6.08 Å². The molecule has 66 valence electrons. The number of hydrogen-bond acceptors (Lipinski definition) is 3. The monoisotopic (exact) mass is 168 g/mol. The van der Waals surface area contributed by atoms with Crippen molar-refractivity contribution in [3.05, 3.63) is 37.6 Å². The summed E-state index contributed by atoms with van der Waals surface area (Å²) in [7, 11) is 0. The molecule has 0 unspecified atom stereocenters. The van der Waals surface area contributed by atoms with E-state index in [1.54, 1.807) is 12.2 Å². The van der Waals surface area contributed by atoms with Gasteiger partial charge in [0.15, 0.2) is 0 Å². The van der Waals surface area contributed by atoms with Crippen LogP contribution < -0.4 is 0 Å². The molecule has 0 spiro atoms. The fourth-order valence-electron chi connectivity index (χ4n) is 0.449. The molecule has 12 heavy (non-hydrogen) atoms. The molecule has 0 aromatic rings. The maximum Gasteiger partial charge on any atom is 0.330 e. The summed E-state index contributed by atoms with van der Waals surface area (Å²) in [5, 5.41) is 0. The number of carbonyl (C=O) groups is 1. The third-order valence-corrected chi connectivity index (χ3v) is 0.965. The maximum atomic E-state index is 10.5. The van der Waals surface area contributed by atoms with Gasteiger partial charge < -0.3 is 9.47 Å². The van der Waals surface area contributed by atoms with Crippen molar-refractivity contribution in [3.63, 3.8) is 0 Å². The lowest BCUT2D eigenvalue weighted by Gasteiger charge is -1.95. The van der Waals surface area contributed by atoms with Crippen molar-refractivity contribution in [1.82, 2.24) is 0 Å². The zero-order chi connectivity index (χ0) is 9.23. The van der Waals surface area contributed by atoms with E-state index in [9.17, 15) is 4.79 Å². The molecule has 0 atom stereocenters. The molecule has 0 aliphatic heterocycles. The van der Waals surface area contributed by atoms with Gasteiger partial charge in [-0.05, 0) is 12.2 Å². The molecule has 3 heteroatoms. The predicted molar refractivity (Wildman–Crippen MR) is 46.4 cm³/mol. The van der Waals surface area contributed by atoms with Crippen LogP contribution in [0.3, 0.4) is 0 Å². The standard InChI is InChI=1S/C9H12O3/c1-3-9(10)12-8-6-5-7-11-4-2/h3-6H,1-2,7-8H2. The quantitative estimate of drug-likeness (QED) is 0.198. The van der Waals surface area contributed by atoms with Crippen LogP contribution in [0, 0.1) is 0 Å². The Labute approximate surface area is 72.0 Å². The largest absolute Gasteiger partial charge is 0.498 e. The van der Waals surface area contributed by atoms with Crippen LogP contribution in [0.15, 0.2) is 37.6 Å². The van der Waals surface area contributed by atoms with Gasteiger partial charge in [-0.3, -0.25) is 0 Å². The molecule has 0 heterocycles. The Morgan fingerprint density at radius 2 is 1.92 bits per heavy atom. The second kappa shape index (κ2) is 7.60. The van der Waals surface area contributed by atoms with Crippen molar-refractivity contribution < 1.29 is 14.3 Å². The van der Waals surface area contributed by atoms with Crippen molar-refractivity contribution in [2.24, 2.45) is 0 Å². The van der Waals surface area contributed by atoms with E-state index in [4.69, 9.17) is 4.74 Å². The van der Waals surface area contributed by atoms with Crippen molar-refractivity contribution in [1.29, 1.82) is 0 Å². The molecule has 0 bridgehead atoms. The Morgan fingerprint density at radius 3 is 2.50 bits per heavy atom. The van der Waals surface area contributed by atoms with Gasteiger partial charge in [0.25, 0.3) is 0 Å². The van der Waals surface area contributed by atoms with Crippen molar-refractivity contribution >= 4 is 5.97 Å². The second-order valence-electron chi connectivity index (χ2n) is 1.81. The summed E-state index contributed by atoms with van der Waals surface area (Å²) in [5.41, 5.74) is 0. The van der Waals surface area contributed by atoms with Gasteiger partial charge in [0.1, 0.15) is 13.2 Å². The smallest absolute Gasteiger partial charge is 0.330 e. The predicted octanol–water partition coefficient (Wildman–Crippen LogP) is 1.43. The highest BCUT2D eigenvalue weighted by Gasteiger charge is 1.89. The van der Waals surface area contributed by atoms with E-state index in [2.05, 4.69) is 17.9 Å². The fraction of sp³-hybridized carbons (Fsp3) is 0.222. The van der Waals surface area contributed by atoms with E-state index < -0.39 is 5.97 Å². The summed E-state index contributed by atoms with van der Waals surface area (Å²) in [6.07, 6.45) is 5.89. The van der Waals surface area contributed by atoms with Crippen LogP contribution in [-0.4, -0.2) is 19.2 Å². The van der Waals surface area contributed by atoms with Crippen molar-refractivity contribution in [3.8, 4) is 0 Å². The minimum Gasteiger partial charge on any atom is -0.498 e. The number of rotatable bonds is 6. The van der Waals surface area contributed by atoms with Crippen LogP contribution >= 0.6 is 0 Å². The fourth-order valence-corrected chi connectivity index (χ4v) is 0.449. The first-order valence-corrected chi connectivity index (χ1v) is 3.48. The van der Waals surface area contributed by atoms with Crippen LogP contribution in [0.2, 0.25) is 0 Å². The number of ether oxygens (including phenoxy) is 2. The van der Waals surface area contributed by atoms with E-state index in [0.29, 0.717) is 6.61 Å². The Morgan fingerprint density at radius 1 is 1.25 bits per heavy atom.